The molecule has 0 fully saturated rings. The average Bonchev–Trinajstić information content (AvgIpc) is 3.27. The molecule has 4 aromatic rings. The predicted molar refractivity (Wildman–Crippen MR) is 141 cm³/mol. The van der Waals surface area contributed by atoms with E-state index in [1.807, 2.05) is 37.3 Å². The lowest BCUT2D eigenvalue weighted by molar-refractivity contribution is 0.201. The molecule has 2 aromatic heterocycles. The van der Waals surface area contributed by atoms with Crippen LogP contribution in [0.2, 0.25) is 0 Å². The van der Waals surface area contributed by atoms with Crippen LogP contribution in [0.4, 0.5) is 11.5 Å². The van der Waals surface area contributed by atoms with Crippen LogP contribution in [-0.4, -0.2) is 28.3 Å². The van der Waals surface area contributed by atoms with Crippen molar-refractivity contribution < 1.29 is 14.3 Å². The summed E-state index contributed by atoms with van der Waals surface area (Å²) in [7, 11) is 0. The van der Waals surface area contributed by atoms with Crippen molar-refractivity contribution in [3.8, 4) is 34.4 Å². The summed E-state index contributed by atoms with van der Waals surface area (Å²) >= 11 is 1.31. The first-order chi connectivity index (χ1) is 17.0. The Kier molecular flexibility index (Phi) is 8.69. The molecule has 0 radical (unpaired) electrons. The van der Waals surface area contributed by atoms with Gasteiger partial charge in [0.25, 0.3) is 0 Å². The van der Waals surface area contributed by atoms with Gasteiger partial charge in [-0.3, -0.25) is 0 Å². The number of aryl methyl sites for hydroxylation is 1. The Morgan fingerprint density at radius 3 is 2.50 bits per heavy atom. The summed E-state index contributed by atoms with van der Waals surface area (Å²) in [6.45, 7) is 9.53. The molecule has 9 heteroatoms. The van der Waals surface area contributed by atoms with Gasteiger partial charge in [-0.05, 0) is 36.8 Å². The fourth-order valence-corrected chi connectivity index (χ4v) is 4.45. The molecule has 0 aliphatic carbocycles. The molecule has 0 saturated heterocycles. The number of oxazole rings is 1. The highest BCUT2D eigenvalue weighted by Gasteiger charge is 2.22. The lowest BCUT2D eigenvalue weighted by Crippen LogP contribution is -2.02. The molecule has 0 aliphatic heterocycles. The van der Waals surface area contributed by atoms with Crippen molar-refractivity contribution in [2.45, 2.75) is 25.1 Å². The van der Waals surface area contributed by atoms with E-state index in [1.54, 1.807) is 24.3 Å². The number of hydrogen-bond acceptors (Lipinski definition) is 8. The summed E-state index contributed by atoms with van der Waals surface area (Å²) < 4.78 is 11.2. The molecule has 2 aromatic carbocycles. The number of ether oxygens (including phenoxy) is 1. The maximum Gasteiger partial charge on any atom is 0.236 e. The molecule has 4 rings (SSSR count). The van der Waals surface area contributed by atoms with Crippen LogP contribution >= 0.6 is 11.8 Å². The van der Waals surface area contributed by atoms with Crippen LogP contribution in [0.1, 0.15) is 24.4 Å². The number of benzene rings is 2. The number of aliphatic hydroxyl groups is 1. The van der Waals surface area contributed by atoms with E-state index in [0.717, 1.165) is 11.3 Å². The third-order valence-corrected chi connectivity index (χ3v) is 6.14. The number of pyridine rings is 1. The van der Waals surface area contributed by atoms with Gasteiger partial charge in [0, 0.05) is 16.9 Å². The van der Waals surface area contributed by atoms with Crippen LogP contribution in [0.15, 0.2) is 64.0 Å². The predicted octanol–water partition coefficient (Wildman–Crippen LogP) is 6.02. The quantitative estimate of drug-likeness (QED) is 0.223. The first kappa shape index (κ1) is 26.3. The fraction of sp³-hybridized carbons (Fsp3) is 0.185. The van der Waals surface area contributed by atoms with E-state index in [4.69, 9.17) is 26.6 Å². The largest absolute Gasteiger partial charge is 0.491 e. The summed E-state index contributed by atoms with van der Waals surface area (Å²) in [5.41, 5.74) is 9.20. The molecule has 0 bridgehead atoms. The SMILES string of the molecule is C.[C-]#[N+]c1c(N)nc(SCc2nc(-c3ccccc3)oc2C)c(C#N)c1-c1ccc(OCCO)cc1. The summed E-state index contributed by atoms with van der Waals surface area (Å²) in [6, 6.07) is 18.7. The number of thioether (sulfide) groups is 1. The van der Waals surface area contributed by atoms with Crippen LogP contribution < -0.4 is 10.5 Å². The Morgan fingerprint density at radius 2 is 1.86 bits per heavy atom. The number of nitriles is 1. The summed E-state index contributed by atoms with van der Waals surface area (Å²) in [5.74, 6) is 2.24. The van der Waals surface area contributed by atoms with Crippen LogP contribution in [-0.2, 0) is 5.75 Å². The molecule has 0 atom stereocenters. The van der Waals surface area contributed by atoms with E-state index < -0.39 is 0 Å². The van der Waals surface area contributed by atoms with E-state index in [9.17, 15) is 5.26 Å². The van der Waals surface area contributed by atoms with Gasteiger partial charge in [-0.15, -0.1) is 0 Å². The monoisotopic (exact) mass is 499 g/mol. The molecule has 8 nitrogen and oxygen atoms in total. The minimum atomic E-state index is -0.0957. The van der Waals surface area contributed by atoms with Crippen LogP contribution in [0.3, 0.4) is 0 Å². The van der Waals surface area contributed by atoms with E-state index in [1.165, 1.54) is 11.8 Å². The molecule has 182 valence electrons. The Bertz CT molecular complexity index is 1420. The van der Waals surface area contributed by atoms with Gasteiger partial charge in [0.15, 0.2) is 0 Å². The minimum Gasteiger partial charge on any atom is -0.491 e. The molecular weight excluding hydrogens is 474 g/mol. The highest BCUT2D eigenvalue weighted by molar-refractivity contribution is 7.98. The number of nitrogens with zero attached hydrogens (tertiary/aromatic N) is 4. The van der Waals surface area contributed by atoms with Gasteiger partial charge in [-0.1, -0.05) is 49.5 Å². The van der Waals surface area contributed by atoms with Crippen molar-refractivity contribution in [2.75, 3.05) is 18.9 Å². The zero-order valence-electron chi connectivity index (χ0n) is 18.9. The second-order valence-corrected chi connectivity index (χ2v) is 8.36. The van der Waals surface area contributed by atoms with Crippen LogP contribution in [0.25, 0.3) is 27.4 Å². The Labute approximate surface area is 214 Å². The molecule has 0 spiro atoms. The number of aliphatic hydroxyl groups excluding tert-OH is 1. The number of nitrogen functional groups attached to an aromatic ring is 1. The topological polar surface area (TPSA) is 123 Å². The second kappa shape index (κ2) is 11.9. The Balaban J connectivity index is 0.00000361. The first-order valence-corrected chi connectivity index (χ1v) is 11.6. The Hall–Kier alpha value is -4.31. The number of nitrogens with two attached hydrogens (primary N) is 1. The van der Waals surface area contributed by atoms with E-state index >= 15 is 0 Å². The molecular formula is C27H25N5O3S. The highest BCUT2D eigenvalue weighted by atomic mass is 32.2. The molecule has 3 N–H and O–H groups in total. The third-order valence-electron chi connectivity index (χ3n) is 5.15. The van der Waals surface area contributed by atoms with Gasteiger partial charge in [0.2, 0.25) is 11.6 Å². The maximum absolute atomic E-state index is 10.0. The van der Waals surface area contributed by atoms with Gasteiger partial charge in [-0.2, -0.15) is 5.26 Å². The third kappa shape index (κ3) is 5.49. The lowest BCUT2D eigenvalue weighted by Gasteiger charge is -2.13. The molecule has 2 heterocycles. The normalized spacial score (nSPS) is 10.2. The van der Waals surface area contributed by atoms with E-state index in [2.05, 4.69) is 20.9 Å². The number of rotatable bonds is 8. The van der Waals surface area contributed by atoms with Gasteiger partial charge in [0.1, 0.15) is 35.0 Å². The standard InChI is InChI=1S/C26H21N5O3S.CH4/c1-16-21(30-25(34-16)18-6-4-3-5-7-18)15-35-26-20(14-27)22(23(29-2)24(28)31-26)17-8-10-19(11-9-17)33-13-12-32;/h3-11,32H,12-13,15H2,1H3,(H2,28,31);1H4. The molecule has 0 saturated carbocycles. The van der Waals surface area contributed by atoms with Crippen molar-refractivity contribution in [1.29, 1.82) is 5.26 Å². The van der Waals surface area contributed by atoms with E-state index in [0.29, 0.717) is 39.3 Å². The average molecular weight is 500 g/mol. The molecule has 0 unspecified atom stereocenters. The zero-order valence-corrected chi connectivity index (χ0v) is 19.7. The van der Waals surface area contributed by atoms with E-state index in [-0.39, 0.29) is 37.7 Å². The van der Waals surface area contributed by atoms with Crippen molar-refractivity contribution in [3.63, 3.8) is 0 Å². The minimum absolute atomic E-state index is 0. The second-order valence-electron chi connectivity index (χ2n) is 7.40. The smallest absolute Gasteiger partial charge is 0.236 e. The van der Waals surface area contributed by atoms with Crippen molar-refractivity contribution in [2.24, 2.45) is 0 Å². The zero-order chi connectivity index (χ0) is 24.8. The van der Waals surface area contributed by atoms with Gasteiger partial charge in [0.05, 0.1) is 24.4 Å². The lowest BCUT2D eigenvalue weighted by atomic mass is 10.00. The van der Waals surface area contributed by atoms with Gasteiger partial charge < -0.3 is 20.0 Å². The fourth-order valence-electron chi connectivity index (χ4n) is 3.46. The number of hydrogen-bond donors (Lipinski definition) is 2. The number of aromatic nitrogens is 2. The van der Waals surface area contributed by atoms with Gasteiger partial charge in [-0.25, -0.2) is 14.8 Å². The first-order valence-electron chi connectivity index (χ1n) is 10.6. The van der Waals surface area contributed by atoms with Crippen molar-refractivity contribution in [3.05, 3.63) is 83.0 Å². The van der Waals surface area contributed by atoms with Crippen LogP contribution in [0, 0.1) is 24.8 Å². The molecule has 36 heavy (non-hydrogen) atoms. The molecule has 0 aliphatic rings. The van der Waals surface area contributed by atoms with Gasteiger partial charge >= 0.3 is 0 Å². The summed E-state index contributed by atoms with van der Waals surface area (Å²) in [6.07, 6.45) is 0. The van der Waals surface area contributed by atoms with Crippen LogP contribution in [0.5, 0.6) is 5.75 Å². The van der Waals surface area contributed by atoms with Crippen molar-refractivity contribution >= 4 is 23.3 Å². The van der Waals surface area contributed by atoms with Crippen molar-refractivity contribution in [1.82, 2.24) is 9.97 Å². The maximum atomic E-state index is 10.0. The highest BCUT2D eigenvalue weighted by Crippen LogP contribution is 2.42. The molecule has 0 amide bonds. The Morgan fingerprint density at radius 1 is 1.14 bits per heavy atom. The summed E-state index contributed by atoms with van der Waals surface area (Å²) in [4.78, 5) is 12.5. The summed E-state index contributed by atoms with van der Waals surface area (Å²) in [5, 5.41) is 19.4. The number of anilines is 1.